The van der Waals surface area contributed by atoms with E-state index in [0.717, 1.165) is 0 Å². The van der Waals surface area contributed by atoms with E-state index in [0.29, 0.717) is 6.21 Å². The van der Waals surface area contributed by atoms with Crippen molar-refractivity contribution in [2.75, 3.05) is 0 Å². The lowest BCUT2D eigenvalue weighted by Crippen LogP contribution is -2.81. The fraction of sp³-hybridized carbons (Fsp3) is 0.500. The van der Waals surface area contributed by atoms with E-state index in [1.54, 1.807) is 0 Å². The molecule has 13 heteroatoms. The largest absolute Gasteiger partial charge is 0.472 e. The van der Waals surface area contributed by atoms with E-state index in [1.807, 2.05) is 0 Å². The molecule has 0 aromatic heterocycles. The van der Waals surface area contributed by atoms with Crippen molar-refractivity contribution >= 4 is 19.7 Å². The Balaban J connectivity index is 2.19. The van der Waals surface area contributed by atoms with Crippen molar-refractivity contribution < 1.29 is 54.6 Å². The van der Waals surface area contributed by atoms with Gasteiger partial charge in [-0.2, -0.15) is 0 Å². The fourth-order valence-electron chi connectivity index (χ4n) is 3.50. The van der Waals surface area contributed by atoms with Gasteiger partial charge in [0.1, 0.15) is 24.4 Å². The number of benzene rings is 1. The molecule has 12 nitrogen and oxygen atoms in total. The molecule has 1 aromatic carbocycles. The number of phosphoric ester groups is 1. The minimum absolute atomic E-state index is 0.118. The molecule has 1 unspecified atom stereocenters. The normalized spacial score (nSPS) is 44.3. The summed E-state index contributed by atoms with van der Waals surface area (Å²) in [5, 5.41) is 73.2. The second kappa shape index (κ2) is 6.11. The van der Waals surface area contributed by atoms with E-state index >= 15 is 0 Å². The third-order valence-electron chi connectivity index (χ3n) is 4.91. The van der Waals surface area contributed by atoms with E-state index < -0.39 is 49.2 Å². The first kappa shape index (κ1) is 20.5. The molecule has 1 aliphatic heterocycles. The molecule has 1 aliphatic carbocycles. The highest BCUT2D eigenvalue weighted by Crippen LogP contribution is 2.53. The number of aliphatic hydroxyl groups is 7. The Morgan fingerprint density at radius 2 is 1.59 bits per heavy atom. The van der Waals surface area contributed by atoms with Crippen LogP contribution in [0.4, 0.5) is 5.69 Å². The maximum atomic E-state index is 11.2. The van der Waals surface area contributed by atoms with E-state index in [-0.39, 0.29) is 11.3 Å². The van der Waals surface area contributed by atoms with Crippen molar-refractivity contribution in [3.05, 3.63) is 29.8 Å². The van der Waals surface area contributed by atoms with Crippen molar-refractivity contribution in [3.63, 3.8) is 0 Å². The Hall–Kier alpha value is -1.28. The van der Waals surface area contributed by atoms with Crippen LogP contribution in [0.15, 0.2) is 29.3 Å². The second-order valence-corrected chi connectivity index (χ2v) is 7.65. The molecule has 1 heterocycles. The van der Waals surface area contributed by atoms with Crippen LogP contribution < -0.4 is 0 Å². The fourth-order valence-corrected chi connectivity index (χ4v) is 4.09. The highest BCUT2D eigenvalue weighted by molar-refractivity contribution is 7.46. The van der Waals surface area contributed by atoms with Gasteiger partial charge in [0.15, 0.2) is 11.2 Å². The van der Waals surface area contributed by atoms with Crippen LogP contribution in [0, 0.1) is 0 Å². The summed E-state index contributed by atoms with van der Waals surface area (Å²) in [5.74, 6) is -3.66. The topological polar surface area (TPSA) is 221 Å². The molecule has 3 rings (SSSR count). The maximum absolute atomic E-state index is 11.2. The van der Waals surface area contributed by atoms with Crippen molar-refractivity contribution in [2.24, 2.45) is 4.99 Å². The summed E-state index contributed by atoms with van der Waals surface area (Å²) in [7, 11) is -5.59. The zero-order chi connectivity index (χ0) is 20.4. The van der Waals surface area contributed by atoms with Crippen LogP contribution in [-0.4, -0.2) is 87.6 Å². The Labute approximate surface area is 151 Å². The molecule has 0 bridgehead atoms. The number of hydrogen-bond donors (Lipinski definition) is 9. The van der Waals surface area contributed by atoms with E-state index in [1.165, 1.54) is 24.3 Å². The van der Waals surface area contributed by atoms with Crippen LogP contribution in [0.3, 0.4) is 0 Å². The van der Waals surface area contributed by atoms with Crippen LogP contribution in [0.2, 0.25) is 0 Å². The molecule has 9 N–H and O–H groups in total. The molecule has 0 spiro atoms. The Morgan fingerprint density at radius 1 is 1.00 bits per heavy atom. The number of fused-ring (bicyclic) bond motifs is 1. The summed E-state index contributed by atoms with van der Waals surface area (Å²) in [6.45, 7) is 0. The molecule has 150 valence electrons. The minimum atomic E-state index is -5.59. The highest BCUT2D eigenvalue weighted by atomic mass is 31.2. The van der Waals surface area contributed by atoms with Gasteiger partial charge in [0, 0.05) is 11.8 Å². The highest BCUT2D eigenvalue weighted by Gasteiger charge is 2.74. The third-order valence-corrected chi connectivity index (χ3v) is 5.44. The second-order valence-electron chi connectivity index (χ2n) is 6.48. The number of aliphatic hydroxyl groups excluding tert-OH is 4. The molecule has 1 fully saturated rings. The third kappa shape index (κ3) is 2.70. The number of rotatable bonds is 3. The number of nitrogens with zero attached hydrogens (tertiary/aromatic N) is 1. The molecule has 0 amide bonds. The summed E-state index contributed by atoms with van der Waals surface area (Å²) in [4.78, 5) is 21.8. The average Bonchev–Trinajstić information content (AvgIpc) is 2.94. The summed E-state index contributed by atoms with van der Waals surface area (Å²) in [5.41, 5.74) is -6.05. The van der Waals surface area contributed by atoms with Crippen LogP contribution >= 0.6 is 7.82 Å². The van der Waals surface area contributed by atoms with Crippen molar-refractivity contribution in [2.45, 2.75) is 41.4 Å². The first-order chi connectivity index (χ1) is 12.3. The van der Waals surface area contributed by atoms with Gasteiger partial charge in [-0.15, -0.1) is 0 Å². The number of hydrogen-bond acceptors (Lipinski definition) is 10. The molecule has 1 saturated carbocycles. The molecule has 27 heavy (non-hydrogen) atoms. The van der Waals surface area contributed by atoms with Gasteiger partial charge < -0.3 is 45.5 Å². The van der Waals surface area contributed by atoms with Crippen molar-refractivity contribution in [1.82, 2.24) is 0 Å². The zero-order valence-electron chi connectivity index (χ0n) is 13.4. The van der Waals surface area contributed by atoms with Gasteiger partial charge in [0.05, 0.1) is 5.69 Å². The SMILES string of the molecule is O=P(O)(O)O[C@@]1(O)[C@H](O)[C@@H](O)[C@H](O)[C@](O)(C2(O)C=Nc3ccccc32)[C@H]1O. The molecule has 2 aliphatic rings. The molecular formula is C14H18NO11P. The zero-order valence-corrected chi connectivity index (χ0v) is 14.3. The summed E-state index contributed by atoms with van der Waals surface area (Å²) >= 11 is 0. The molecule has 0 radical (unpaired) electrons. The van der Waals surface area contributed by atoms with Gasteiger partial charge in [-0.05, 0) is 6.07 Å². The Bertz CT molecular complexity index is 829. The molecule has 0 saturated heterocycles. The summed E-state index contributed by atoms with van der Waals surface area (Å²) in [6.07, 6.45) is -9.83. The van der Waals surface area contributed by atoms with Gasteiger partial charge in [-0.3, -0.25) is 4.99 Å². The van der Waals surface area contributed by atoms with Crippen LogP contribution in [0.1, 0.15) is 5.56 Å². The molecule has 1 aromatic rings. The predicted molar refractivity (Wildman–Crippen MR) is 85.5 cm³/mol. The smallest absolute Gasteiger partial charge is 0.387 e. The number of aliphatic imine (C=N–C) groups is 1. The van der Waals surface area contributed by atoms with Gasteiger partial charge in [0.25, 0.3) is 0 Å². The summed E-state index contributed by atoms with van der Waals surface area (Å²) < 4.78 is 15.2. The van der Waals surface area contributed by atoms with Crippen LogP contribution in [0.5, 0.6) is 0 Å². The van der Waals surface area contributed by atoms with Gasteiger partial charge in [-0.25, -0.2) is 9.09 Å². The Kier molecular flexibility index (Phi) is 4.63. The quantitative estimate of drug-likeness (QED) is 0.177. The Morgan fingerprint density at radius 3 is 2.19 bits per heavy atom. The number of para-hydroxylation sites is 1. The summed E-state index contributed by atoms with van der Waals surface area (Å²) in [6, 6.07) is 5.64. The molecular weight excluding hydrogens is 389 g/mol. The maximum Gasteiger partial charge on any atom is 0.472 e. The van der Waals surface area contributed by atoms with E-state index in [9.17, 15) is 40.3 Å². The lowest BCUT2D eigenvalue weighted by atomic mass is 9.63. The average molecular weight is 407 g/mol. The van der Waals surface area contributed by atoms with Crippen LogP contribution in [0.25, 0.3) is 0 Å². The first-order valence-electron chi connectivity index (χ1n) is 7.59. The molecule has 7 atom stereocenters. The first-order valence-corrected chi connectivity index (χ1v) is 9.12. The van der Waals surface area contributed by atoms with Gasteiger partial charge >= 0.3 is 7.82 Å². The van der Waals surface area contributed by atoms with Crippen molar-refractivity contribution in [3.8, 4) is 0 Å². The van der Waals surface area contributed by atoms with Crippen molar-refractivity contribution in [1.29, 1.82) is 0 Å². The lowest BCUT2D eigenvalue weighted by molar-refractivity contribution is -0.381. The minimum Gasteiger partial charge on any atom is -0.387 e. The van der Waals surface area contributed by atoms with Crippen LogP contribution in [-0.2, 0) is 14.7 Å². The van der Waals surface area contributed by atoms with E-state index in [2.05, 4.69) is 9.52 Å². The predicted octanol–water partition coefficient (Wildman–Crippen LogP) is -3.42. The van der Waals surface area contributed by atoms with Gasteiger partial charge in [-0.1, -0.05) is 18.2 Å². The van der Waals surface area contributed by atoms with Gasteiger partial charge in [0.2, 0.25) is 5.79 Å². The lowest BCUT2D eigenvalue weighted by Gasteiger charge is -2.56. The standard InChI is InChI=1S/C14H18NO11P/c16-8-9(17)13(21,11(19)14(22,10(8)18)26-27(23,24)25)12(20)5-15-7-4-2-1-3-6(7)12/h1-5,8-11,16-22H,(H2,23,24,25)/t8-,9-,10+,11+,12?,13+,14-/m0/s1. The van der Waals surface area contributed by atoms with E-state index in [4.69, 9.17) is 9.79 Å². The number of phosphoric acid groups is 1. The monoisotopic (exact) mass is 407 g/mol.